The monoisotopic (exact) mass is 408 g/mol. The third-order valence-corrected chi connectivity index (χ3v) is 10.3. The maximum atomic E-state index is 11.8. The molecule has 4 heteroatoms. The number of benzene rings is 3. The summed E-state index contributed by atoms with van der Waals surface area (Å²) in [6.45, 7) is 7.04. The van der Waals surface area contributed by atoms with E-state index in [1.807, 2.05) is 30.3 Å². The van der Waals surface area contributed by atoms with Crippen molar-refractivity contribution < 1.29 is 9.22 Å². The predicted molar refractivity (Wildman–Crippen MR) is 119 cm³/mol. The van der Waals surface area contributed by atoms with Crippen molar-refractivity contribution in [2.45, 2.75) is 32.4 Å². The molecular formula is C24H25ClO2Si. The van der Waals surface area contributed by atoms with Crippen molar-refractivity contribution in [1.82, 2.24) is 0 Å². The molecule has 0 amide bonds. The Labute approximate surface area is 173 Å². The van der Waals surface area contributed by atoms with Gasteiger partial charge in [-0.2, -0.15) is 0 Å². The largest absolute Gasteiger partial charge is 0.403 e. The minimum Gasteiger partial charge on any atom is -0.403 e. The zero-order valence-electron chi connectivity index (χ0n) is 16.5. The predicted octanol–water partition coefficient (Wildman–Crippen LogP) is 5.14. The third kappa shape index (κ3) is 3.97. The van der Waals surface area contributed by atoms with Gasteiger partial charge in [0.25, 0.3) is 13.6 Å². The molecule has 0 aliphatic rings. The van der Waals surface area contributed by atoms with Crippen LogP contribution >= 0.6 is 11.6 Å². The first-order valence-electron chi connectivity index (χ1n) is 9.39. The third-order valence-electron chi connectivity index (χ3n) is 5.09. The highest BCUT2D eigenvalue weighted by atomic mass is 35.5. The Hall–Kier alpha value is -2.20. The van der Waals surface area contributed by atoms with Crippen molar-refractivity contribution in [3.63, 3.8) is 0 Å². The number of hydrogen-bond donors (Lipinski definition) is 0. The van der Waals surface area contributed by atoms with Gasteiger partial charge in [-0.1, -0.05) is 99.6 Å². The van der Waals surface area contributed by atoms with Gasteiger partial charge in [-0.25, -0.2) is 0 Å². The first kappa shape index (κ1) is 20.5. The molecule has 0 spiro atoms. The van der Waals surface area contributed by atoms with Crippen LogP contribution in [0.4, 0.5) is 0 Å². The Morgan fingerprint density at radius 1 is 0.821 bits per heavy atom. The van der Waals surface area contributed by atoms with E-state index in [0.29, 0.717) is 12.2 Å². The lowest BCUT2D eigenvalue weighted by molar-refractivity contribution is 0.107. The molecule has 0 heterocycles. The van der Waals surface area contributed by atoms with E-state index in [9.17, 15) is 4.79 Å². The summed E-state index contributed by atoms with van der Waals surface area (Å²) in [4.78, 5) is 11.8. The molecule has 144 valence electrons. The standard InChI is InChI=1S/C24H25ClO2Si/c1-24(2,3)28(20-13-6-4-7-14-20,21-15-8-5-9-16-21)27-18-19-12-10-11-17-22(19)23(25)26/h4-17H,18H2,1-3H3. The lowest BCUT2D eigenvalue weighted by Gasteiger charge is -2.43. The topological polar surface area (TPSA) is 26.3 Å². The van der Waals surface area contributed by atoms with Crippen LogP contribution in [0.3, 0.4) is 0 Å². The molecule has 0 aliphatic carbocycles. The van der Waals surface area contributed by atoms with E-state index in [1.54, 1.807) is 6.07 Å². The fourth-order valence-corrected chi connectivity index (χ4v) is 8.50. The van der Waals surface area contributed by atoms with Crippen LogP contribution in [0, 0.1) is 0 Å². The van der Waals surface area contributed by atoms with Gasteiger partial charge in [0.15, 0.2) is 0 Å². The quantitative estimate of drug-likeness (QED) is 0.417. The average Bonchev–Trinajstić information content (AvgIpc) is 2.69. The number of halogens is 1. The zero-order valence-corrected chi connectivity index (χ0v) is 18.2. The summed E-state index contributed by atoms with van der Waals surface area (Å²) in [6, 6.07) is 28.3. The fraction of sp³-hybridized carbons (Fsp3) is 0.208. The van der Waals surface area contributed by atoms with Crippen LogP contribution in [-0.2, 0) is 11.0 Å². The van der Waals surface area contributed by atoms with E-state index in [4.69, 9.17) is 16.0 Å². The normalized spacial score (nSPS) is 12.0. The lowest BCUT2D eigenvalue weighted by Crippen LogP contribution is -2.66. The minimum absolute atomic E-state index is 0.115. The lowest BCUT2D eigenvalue weighted by atomic mass is 10.1. The van der Waals surface area contributed by atoms with E-state index in [1.165, 1.54) is 10.4 Å². The molecule has 3 aromatic carbocycles. The van der Waals surface area contributed by atoms with Gasteiger partial charge in [0, 0.05) is 5.56 Å². The van der Waals surface area contributed by atoms with E-state index in [0.717, 1.165) is 5.56 Å². The molecule has 3 rings (SSSR count). The zero-order chi connectivity index (χ0) is 20.2. The van der Waals surface area contributed by atoms with Gasteiger partial charge in [-0.05, 0) is 38.6 Å². The molecule has 0 aliphatic heterocycles. The summed E-state index contributed by atoms with van der Waals surface area (Å²) in [6.07, 6.45) is 0. The smallest absolute Gasteiger partial charge is 0.261 e. The second-order valence-electron chi connectivity index (χ2n) is 7.88. The van der Waals surface area contributed by atoms with Crippen LogP contribution in [0.1, 0.15) is 36.7 Å². The molecule has 3 aromatic rings. The van der Waals surface area contributed by atoms with E-state index >= 15 is 0 Å². The minimum atomic E-state index is -2.64. The molecule has 0 saturated heterocycles. The van der Waals surface area contributed by atoms with Gasteiger partial charge in [0.1, 0.15) is 0 Å². The van der Waals surface area contributed by atoms with E-state index < -0.39 is 13.6 Å². The van der Waals surface area contributed by atoms with E-state index in [-0.39, 0.29) is 5.04 Å². The number of carbonyl (C=O) groups excluding carboxylic acids is 1. The number of rotatable bonds is 6. The van der Waals surface area contributed by atoms with Crippen molar-refractivity contribution >= 4 is 35.5 Å². The van der Waals surface area contributed by atoms with Gasteiger partial charge in [-0.15, -0.1) is 0 Å². The van der Waals surface area contributed by atoms with Crippen LogP contribution in [0.2, 0.25) is 5.04 Å². The average molecular weight is 409 g/mol. The summed E-state index contributed by atoms with van der Waals surface area (Å²) in [5, 5.41) is 1.85. The Morgan fingerprint density at radius 3 is 1.75 bits per heavy atom. The van der Waals surface area contributed by atoms with Gasteiger partial charge >= 0.3 is 0 Å². The summed E-state index contributed by atoms with van der Waals surface area (Å²) < 4.78 is 6.87. The Morgan fingerprint density at radius 2 is 1.29 bits per heavy atom. The first-order valence-corrected chi connectivity index (χ1v) is 11.7. The van der Waals surface area contributed by atoms with E-state index in [2.05, 4.69) is 69.3 Å². The van der Waals surface area contributed by atoms with Crippen LogP contribution in [-0.4, -0.2) is 13.6 Å². The highest BCUT2D eigenvalue weighted by Crippen LogP contribution is 2.37. The Kier molecular flexibility index (Phi) is 6.19. The van der Waals surface area contributed by atoms with Gasteiger partial charge in [-0.3, -0.25) is 4.79 Å². The molecule has 0 bridgehead atoms. The van der Waals surface area contributed by atoms with Gasteiger partial charge in [0.2, 0.25) is 0 Å². The molecule has 0 N–H and O–H groups in total. The molecule has 0 fully saturated rings. The van der Waals surface area contributed by atoms with Crippen LogP contribution in [0.5, 0.6) is 0 Å². The van der Waals surface area contributed by atoms with Gasteiger partial charge in [0.05, 0.1) is 6.61 Å². The summed E-state index contributed by atoms with van der Waals surface area (Å²) in [5.41, 5.74) is 1.32. The highest BCUT2D eigenvalue weighted by Gasteiger charge is 2.50. The maximum absolute atomic E-state index is 11.8. The Bertz CT molecular complexity index is 894. The molecule has 0 unspecified atom stereocenters. The molecule has 0 aromatic heterocycles. The number of hydrogen-bond acceptors (Lipinski definition) is 2. The maximum Gasteiger partial charge on any atom is 0.261 e. The molecule has 2 nitrogen and oxygen atoms in total. The number of carbonyl (C=O) groups is 1. The second-order valence-corrected chi connectivity index (χ2v) is 12.5. The molecule has 0 saturated carbocycles. The second kappa shape index (κ2) is 8.44. The molecule has 0 radical (unpaired) electrons. The van der Waals surface area contributed by atoms with Crippen LogP contribution in [0.15, 0.2) is 84.9 Å². The highest BCUT2D eigenvalue weighted by molar-refractivity contribution is 6.99. The summed E-state index contributed by atoms with van der Waals surface area (Å²) in [5.74, 6) is 0. The van der Waals surface area contributed by atoms with Crippen molar-refractivity contribution in [2.75, 3.05) is 0 Å². The summed E-state index contributed by atoms with van der Waals surface area (Å²) >= 11 is 5.80. The van der Waals surface area contributed by atoms with Crippen molar-refractivity contribution in [3.05, 3.63) is 96.1 Å². The first-order chi connectivity index (χ1) is 13.4. The molecule has 28 heavy (non-hydrogen) atoms. The molecular weight excluding hydrogens is 384 g/mol. The Balaban J connectivity index is 2.13. The van der Waals surface area contributed by atoms with Crippen molar-refractivity contribution in [2.24, 2.45) is 0 Å². The fourth-order valence-electron chi connectivity index (χ4n) is 3.79. The SMILES string of the molecule is CC(C)(C)[Si](OCc1ccccc1C(=O)Cl)(c1ccccc1)c1ccccc1. The van der Waals surface area contributed by atoms with Crippen LogP contribution < -0.4 is 10.4 Å². The van der Waals surface area contributed by atoms with Crippen LogP contribution in [0.25, 0.3) is 0 Å². The van der Waals surface area contributed by atoms with Gasteiger partial charge < -0.3 is 4.43 Å². The van der Waals surface area contributed by atoms with Crippen molar-refractivity contribution in [3.8, 4) is 0 Å². The molecule has 0 atom stereocenters. The van der Waals surface area contributed by atoms with Crippen molar-refractivity contribution in [1.29, 1.82) is 0 Å². The summed E-state index contributed by atoms with van der Waals surface area (Å²) in [7, 11) is -2.64.